The van der Waals surface area contributed by atoms with Crippen molar-refractivity contribution in [2.24, 2.45) is 5.92 Å². The SMILES string of the molecule is Cc1c(C(=O)NNC(=S)NCCC(C)C)oc2ccc(Cl)cc12. The Kier molecular flexibility index (Phi) is 5.85. The monoisotopic (exact) mass is 353 g/mol. The molecule has 0 saturated carbocycles. The van der Waals surface area contributed by atoms with Crippen LogP contribution in [-0.2, 0) is 0 Å². The minimum Gasteiger partial charge on any atom is -0.451 e. The van der Waals surface area contributed by atoms with Gasteiger partial charge in [-0.15, -0.1) is 0 Å². The van der Waals surface area contributed by atoms with Crippen molar-refractivity contribution in [3.8, 4) is 0 Å². The largest absolute Gasteiger partial charge is 0.451 e. The van der Waals surface area contributed by atoms with E-state index >= 15 is 0 Å². The Balaban J connectivity index is 1.96. The van der Waals surface area contributed by atoms with E-state index in [4.69, 9.17) is 28.2 Å². The van der Waals surface area contributed by atoms with E-state index < -0.39 is 0 Å². The maximum Gasteiger partial charge on any atom is 0.305 e. The molecule has 0 bridgehead atoms. The molecular formula is C16H20ClN3O2S. The summed E-state index contributed by atoms with van der Waals surface area (Å²) in [7, 11) is 0. The number of hydrogen-bond donors (Lipinski definition) is 3. The molecule has 7 heteroatoms. The third-order valence-corrected chi connectivity index (χ3v) is 3.88. The number of hydrogen-bond acceptors (Lipinski definition) is 3. The van der Waals surface area contributed by atoms with Gasteiger partial charge in [0.1, 0.15) is 5.58 Å². The van der Waals surface area contributed by atoms with Gasteiger partial charge in [-0.25, -0.2) is 0 Å². The van der Waals surface area contributed by atoms with Crippen LogP contribution in [-0.4, -0.2) is 17.6 Å². The number of fused-ring (bicyclic) bond motifs is 1. The number of hydrazine groups is 1. The highest BCUT2D eigenvalue weighted by atomic mass is 35.5. The number of halogens is 1. The quantitative estimate of drug-likeness (QED) is 0.579. The fraction of sp³-hybridized carbons (Fsp3) is 0.375. The number of aryl methyl sites for hydroxylation is 1. The lowest BCUT2D eigenvalue weighted by molar-refractivity contribution is 0.0917. The van der Waals surface area contributed by atoms with Crippen LogP contribution in [0.5, 0.6) is 0 Å². The van der Waals surface area contributed by atoms with Gasteiger partial charge in [0.25, 0.3) is 0 Å². The fourth-order valence-corrected chi connectivity index (χ4v) is 2.42. The van der Waals surface area contributed by atoms with Crippen LogP contribution >= 0.6 is 23.8 Å². The molecule has 0 fully saturated rings. The third-order valence-electron chi connectivity index (χ3n) is 3.40. The van der Waals surface area contributed by atoms with Crippen molar-refractivity contribution >= 4 is 45.8 Å². The first-order chi connectivity index (χ1) is 10.9. The van der Waals surface area contributed by atoms with Crippen LogP contribution in [0.15, 0.2) is 22.6 Å². The Labute approximate surface area is 145 Å². The number of carbonyl (C=O) groups is 1. The molecule has 0 saturated heterocycles. The molecule has 1 aromatic carbocycles. The van der Waals surface area contributed by atoms with E-state index in [1.54, 1.807) is 18.2 Å². The predicted molar refractivity (Wildman–Crippen MR) is 96.6 cm³/mol. The number of nitrogens with one attached hydrogen (secondary N) is 3. The van der Waals surface area contributed by atoms with Gasteiger partial charge in [0, 0.05) is 22.5 Å². The smallest absolute Gasteiger partial charge is 0.305 e. The molecule has 124 valence electrons. The lowest BCUT2D eigenvalue weighted by Gasteiger charge is -2.11. The molecule has 1 aromatic heterocycles. The minimum atomic E-state index is -0.386. The van der Waals surface area contributed by atoms with Gasteiger partial charge in [-0.1, -0.05) is 25.4 Å². The molecule has 23 heavy (non-hydrogen) atoms. The highest BCUT2D eigenvalue weighted by Gasteiger charge is 2.17. The lowest BCUT2D eigenvalue weighted by atomic mass is 10.1. The topological polar surface area (TPSA) is 66.3 Å². The number of furan rings is 1. The molecule has 1 heterocycles. The highest BCUT2D eigenvalue weighted by molar-refractivity contribution is 7.80. The summed E-state index contributed by atoms with van der Waals surface area (Å²) in [5.74, 6) is 0.437. The number of benzene rings is 1. The van der Waals surface area contributed by atoms with Crippen LogP contribution in [0.4, 0.5) is 0 Å². The second-order valence-corrected chi connectivity index (χ2v) is 6.56. The summed E-state index contributed by atoms with van der Waals surface area (Å²) in [5, 5.41) is 4.82. The molecule has 0 atom stereocenters. The Hall–Kier alpha value is -1.79. The highest BCUT2D eigenvalue weighted by Crippen LogP contribution is 2.27. The van der Waals surface area contributed by atoms with Gasteiger partial charge in [0.05, 0.1) is 0 Å². The Morgan fingerprint density at radius 1 is 1.35 bits per heavy atom. The molecule has 2 aromatic rings. The summed E-state index contributed by atoms with van der Waals surface area (Å²) in [6.07, 6.45) is 0.999. The van der Waals surface area contributed by atoms with E-state index in [1.165, 1.54) is 0 Å². The van der Waals surface area contributed by atoms with Gasteiger partial charge in [-0.3, -0.25) is 15.6 Å². The van der Waals surface area contributed by atoms with Crippen LogP contribution < -0.4 is 16.2 Å². The first-order valence-electron chi connectivity index (χ1n) is 7.41. The van der Waals surface area contributed by atoms with Gasteiger partial charge < -0.3 is 9.73 Å². The number of carbonyl (C=O) groups excluding carboxylic acids is 1. The molecular weight excluding hydrogens is 334 g/mol. The average Bonchev–Trinajstić information content (AvgIpc) is 2.81. The van der Waals surface area contributed by atoms with Gasteiger partial charge in [-0.2, -0.15) is 0 Å². The van der Waals surface area contributed by atoms with Crippen molar-refractivity contribution in [3.63, 3.8) is 0 Å². The van der Waals surface area contributed by atoms with Gasteiger partial charge in [0.2, 0.25) is 0 Å². The molecule has 0 unspecified atom stereocenters. The summed E-state index contributed by atoms with van der Waals surface area (Å²) in [4.78, 5) is 12.2. The van der Waals surface area contributed by atoms with Crippen LogP contribution in [0.25, 0.3) is 11.0 Å². The van der Waals surface area contributed by atoms with Crippen molar-refractivity contribution in [2.45, 2.75) is 27.2 Å². The molecule has 1 amide bonds. The second kappa shape index (κ2) is 7.66. The first-order valence-corrected chi connectivity index (χ1v) is 8.20. The zero-order valence-corrected chi connectivity index (χ0v) is 14.9. The zero-order chi connectivity index (χ0) is 17.0. The van der Waals surface area contributed by atoms with Crippen LogP contribution in [0.2, 0.25) is 5.02 Å². The summed E-state index contributed by atoms with van der Waals surface area (Å²) < 4.78 is 5.59. The summed E-state index contributed by atoms with van der Waals surface area (Å²) in [6.45, 7) is 6.84. The van der Waals surface area contributed by atoms with Crippen LogP contribution in [0.1, 0.15) is 36.4 Å². The maximum absolute atomic E-state index is 12.2. The zero-order valence-electron chi connectivity index (χ0n) is 13.3. The number of rotatable bonds is 4. The van der Waals surface area contributed by atoms with Gasteiger partial charge in [-0.05, 0) is 49.7 Å². The predicted octanol–water partition coefficient (Wildman–Crippen LogP) is 3.55. The van der Waals surface area contributed by atoms with E-state index in [0.29, 0.717) is 21.6 Å². The maximum atomic E-state index is 12.2. The molecule has 0 spiro atoms. The van der Waals surface area contributed by atoms with Crippen LogP contribution in [0.3, 0.4) is 0 Å². The van der Waals surface area contributed by atoms with E-state index in [2.05, 4.69) is 30.0 Å². The molecule has 0 aliphatic rings. The van der Waals surface area contributed by atoms with Crippen molar-refractivity contribution in [2.75, 3.05) is 6.54 Å². The Morgan fingerprint density at radius 2 is 2.09 bits per heavy atom. The molecule has 3 N–H and O–H groups in total. The fourth-order valence-electron chi connectivity index (χ4n) is 2.10. The van der Waals surface area contributed by atoms with E-state index in [1.807, 2.05) is 6.92 Å². The molecule has 0 aliphatic heterocycles. The Morgan fingerprint density at radius 3 is 2.78 bits per heavy atom. The van der Waals surface area contributed by atoms with Gasteiger partial charge >= 0.3 is 5.91 Å². The number of thiocarbonyl (C=S) groups is 1. The van der Waals surface area contributed by atoms with Crippen molar-refractivity contribution < 1.29 is 9.21 Å². The summed E-state index contributed by atoms with van der Waals surface area (Å²) in [5.41, 5.74) is 6.56. The summed E-state index contributed by atoms with van der Waals surface area (Å²) in [6, 6.07) is 5.24. The van der Waals surface area contributed by atoms with E-state index in [0.717, 1.165) is 23.9 Å². The van der Waals surface area contributed by atoms with E-state index in [9.17, 15) is 4.79 Å². The molecule has 0 aliphatic carbocycles. The summed E-state index contributed by atoms with van der Waals surface area (Å²) >= 11 is 11.1. The van der Waals surface area contributed by atoms with Crippen molar-refractivity contribution in [1.82, 2.24) is 16.2 Å². The van der Waals surface area contributed by atoms with Crippen LogP contribution in [0, 0.1) is 12.8 Å². The normalized spacial score (nSPS) is 10.8. The molecule has 5 nitrogen and oxygen atoms in total. The second-order valence-electron chi connectivity index (χ2n) is 5.71. The van der Waals surface area contributed by atoms with Gasteiger partial charge in [0.15, 0.2) is 10.9 Å². The molecule has 0 radical (unpaired) electrons. The van der Waals surface area contributed by atoms with Crippen molar-refractivity contribution in [1.29, 1.82) is 0 Å². The average molecular weight is 354 g/mol. The standard InChI is InChI=1S/C16H20ClN3O2S/c1-9(2)6-7-18-16(23)20-19-15(21)14-10(3)12-8-11(17)4-5-13(12)22-14/h4-5,8-9H,6-7H2,1-3H3,(H,19,21)(H2,18,20,23). The Bertz CT molecular complexity index is 727. The van der Waals surface area contributed by atoms with E-state index in [-0.39, 0.29) is 11.7 Å². The lowest BCUT2D eigenvalue weighted by Crippen LogP contribution is -2.47. The minimum absolute atomic E-state index is 0.236. The number of amides is 1. The first kappa shape index (κ1) is 17.6. The molecule has 2 rings (SSSR count). The third kappa shape index (κ3) is 4.59. The van der Waals surface area contributed by atoms with Crippen molar-refractivity contribution in [3.05, 3.63) is 34.5 Å².